The Morgan fingerprint density at radius 3 is 2.69 bits per heavy atom. The van der Waals surface area contributed by atoms with Crippen LogP contribution in [0.1, 0.15) is 58.9 Å². The molecule has 0 saturated heterocycles. The Morgan fingerprint density at radius 1 is 1.23 bits per heavy atom. The Kier molecular flexibility index (Phi) is 6.83. The molecule has 0 spiro atoms. The Hall–Kier alpha value is -2.30. The van der Waals surface area contributed by atoms with Gasteiger partial charge in [-0.3, -0.25) is 4.79 Å². The fourth-order valence-corrected chi connectivity index (χ4v) is 2.75. The lowest BCUT2D eigenvalue weighted by Gasteiger charge is -2.20. The van der Waals surface area contributed by atoms with E-state index in [4.69, 9.17) is 10.5 Å². The highest BCUT2D eigenvalue weighted by Gasteiger charge is 2.13. The number of ether oxygens (including phenoxy) is 1. The Bertz CT molecular complexity index is 751. The molecule has 2 rings (SSSR count). The number of fused-ring (bicyclic) bond motifs is 1. The normalized spacial score (nSPS) is 11.5. The molecule has 0 aliphatic rings. The van der Waals surface area contributed by atoms with Crippen molar-refractivity contribution in [1.82, 2.24) is 10.3 Å². The van der Waals surface area contributed by atoms with Crippen LogP contribution in [0.3, 0.4) is 0 Å². The highest BCUT2D eigenvalue weighted by Crippen LogP contribution is 2.26. The minimum absolute atomic E-state index is 0.0966. The van der Waals surface area contributed by atoms with Gasteiger partial charge in [-0.2, -0.15) is 0 Å². The molecule has 1 aromatic carbocycles. The zero-order valence-electron chi connectivity index (χ0n) is 16.4. The monoisotopic (exact) mass is 357 g/mol. The SMILES string of the molecule is CCCCOc1cc2cc(CCCC(=O)NC(C)(C)C)ccc2nc1N. The number of pyridine rings is 1. The van der Waals surface area contributed by atoms with Crippen molar-refractivity contribution in [3.05, 3.63) is 29.8 Å². The second kappa shape index (κ2) is 8.88. The molecule has 3 N–H and O–H groups in total. The number of carbonyl (C=O) groups excluding carboxylic acids is 1. The predicted octanol–water partition coefficient (Wildman–Crippen LogP) is 4.23. The number of carbonyl (C=O) groups is 1. The lowest BCUT2D eigenvalue weighted by atomic mass is 10.0. The molecule has 26 heavy (non-hydrogen) atoms. The molecule has 0 radical (unpaired) electrons. The van der Waals surface area contributed by atoms with E-state index < -0.39 is 0 Å². The van der Waals surface area contributed by atoms with Crippen LogP contribution in [0.5, 0.6) is 5.75 Å². The van der Waals surface area contributed by atoms with Crippen LogP contribution in [0.15, 0.2) is 24.3 Å². The molecule has 0 atom stereocenters. The third kappa shape index (κ3) is 6.21. The number of nitrogens with two attached hydrogens (primary N) is 1. The number of anilines is 1. The second-order valence-corrected chi connectivity index (χ2v) is 7.75. The third-order valence-electron chi connectivity index (χ3n) is 4.01. The first-order valence-corrected chi connectivity index (χ1v) is 9.41. The summed E-state index contributed by atoms with van der Waals surface area (Å²) in [7, 11) is 0. The fraction of sp³-hybridized carbons (Fsp3) is 0.524. The molecule has 0 fully saturated rings. The van der Waals surface area contributed by atoms with Gasteiger partial charge >= 0.3 is 0 Å². The summed E-state index contributed by atoms with van der Waals surface area (Å²) in [5, 5.41) is 4.01. The van der Waals surface area contributed by atoms with E-state index in [0.717, 1.165) is 36.6 Å². The van der Waals surface area contributed by atoms with E-state index >= 15 is 0 Å². The van der Waals surface area contributed by atoms with Crippen LogP contribution in [0.4, 0.5) is 5.82 Å². The average Bonchev–Trinajstić information content (AvgIpc) is 2.54. The molecule has 5 heteroatoms. The van der Waals surface area contributed by atoms with Crippen LogP contribution < -0.4 is 15.8 Å². The van der Waals surface area contributed by atoms with Crippen LogP contribution >= 0.6 is 0 Å². The number of hydrogen-bond acceptors (Lipinski definition) is 4. The van der Waals surface area contributed by atoms with Crippen LogP contribution in [0.25, 0.3) is 10.9 Å². The van der Waals surface area contributed by atoms with Gasteiger partial charge in [-0.05, 0) is 63.8 Å². The maximum Gasteiger partial charge on any atom is 0.220 e. The zero-order valence-corrected chi connectivity index (χ0v) is 16.4. The Balaban J connectivity index is 2.00. The average molecular weight is 357 g/mol. The molecule has 1 aromatic heterocycles. The number of aryl methyl sites for hydroxylation is 1. The van der Waals surface area contributed by atoms with Crippen molar-refractivity contribution in [2.75, 3.05) is 12.3 Å². The van der Waals surface area contributed by atoms with E-state index in [0.29, 0.717) is 24.6 Å². The van der Waals surface area contributed by atoms with Crippen LogP contribution in [0.2, 0.25) is 0 Å². The first kappa shape index (κ1) is 20.0. The molecule has 0 bridgehead atoms. The van der Waals surface area contributed by atoms with Crippen molar-refractivity contribution in [3.63, 3.8) is 0 Å². The van der Waals surface area contributed by atoms with Gasteiger partial charge in [-0.15, -0.1) is 0 Å². The molecule has 0 unspecified atom stereocenters. The molecule has 0 aliphatic carbocycles. The first-order valence-electron chi connectivity index (χ1n) is 9.41. The van der Waals surface area contributed by atoms with Crippen molar-refractivity contribution < 1.29 is 9.53 Å². The molecule has 2 aromatic rings. The number of amides is 1. The lowest BCUT2D eigenvalue weighted by molar-refractivity contribution is -0.122. The van der Waals surface area contributed by atoms with E-state index in [2.05, 4.69) is 23.3 Å². The molecular formula is C21H31N3O2. The molecular weight excluding hydrogens is 326 g/mol. The largest absolute Gasteiger partial charge is 0.490 e. The summed E-state index contributed by atoms with van der Waals surface area (Å²) in [6.07, 6.45) is 4.27. The Labute approximate surface area is 156 Å². The topological polar surface area (TPSA) is 77.2 Å². The predicted molar refractivity (Wildman–Crippen MR) is 107 cm³/mol. The van der Waals surface area contributed by atoms with Gasteiger partial charge in [0.05, 0.1) is 12.1 Å². The smallest absolute Gasteiger partial charge is 0.220 e. The molecule has 5 nitrogen and oxygen atoms in total. The summed E-state index contributed by atoms with van der Waals surface area (Å²) in [5.74, 6) is 1.17. The minimum Gasteiger partial charge on any atom is -0.490 e. The second-order valence-electron chi connectivity index (χ2n) is 7.75. The van der Waals surface area contributed by atoms with Gasteiger partial charge in [0.2, 0.25) is 5.91 Å². The molecule has 142 valence electrons. The van der Waals surface area contributed by atoms with Crippen molar-refractivity contribution in [2.24, 2.45) is 0 Å². The van der Waals surface area contributed by atoms with E-state index in [1.54, 1.807) is 0 Å². The number of benzene rings is 1. The highest BCUT2D eigenvalue weighted by atomic mass is 16.5. The number of nitrogens with one attached hydrogen (secondary N) is 1. The number of hydrogen-bond donors (Lipinski definition) is 2. The summed E-state index contributed by atoms with van der Waals surface area (Å²) in [5.41, 5.74) is 7.86. The summed E-state index contributed by atoms with van der Waals surface area (Å²) in [6.45, 7) is 8.75. The van der Waals surface area contributed by atoms with Gasteiger partial charge in [0, 0.05) is 17.3 Å². The maximum atomic E-state index is 11.9. The van der Waals surface area contributed by atoms with E-state index in [9.17, 15) is 4.79 Å². The van der Waals surface area contributed by atoms with Gasteiger partial charge in [0.1, 0.15) is 0 Å². The minimum atomic E-state index is -0.181. The molecule has 1 amide bonds. The standard InChI is InChI=1S/C21H31N3O2/c1-5-6-12-26-18-14-16-13-15(10-11-17(16)23-20(18)22)8-7-9-19(25)24-21(2,3)4/h10-11,13-14H,5-9,12H2,1-4H3,(H2,22,23)(H,24,25). The highest BCUT2D eigenvalue weighted by molar-refractivity contribution is 5.83. The van der Waals surface area contributed by atoms with E-state index in [1.165, 1.54) is 5.56 Å². The van der Waals surface area contributed by atoms with Gasteiger partial charge < -0.3 is 15.8 Å². The van der Waals surface area contributed by atoms with Gasteiger partial charge in [-0.1, -0.05) is 19.4 Å². The fourth-order valence-electron chi connectivity index (χ4n) is 2.75. The number of aromatic nitrogens is 1. The molecule has 1 heterocycles. The maximum absolute atomic E-state index is 11.9. The first-order chi connectivity index (χ1) is 12.3. The van der Waals surface area contributed by atoms with Crippen LogP contribution in [-0.2, 0) is 11.2 Å². The zero-order chi connectivity index (χ0) is 19.2. The number of nitrogens with zero attached hydrogens (tertiary/aromatic N) is 1. The third-order valence-corrected chi connectivity index (χ3v) is 4.01. The van der Waals surface area contributed by atoms with Gasteiger partial charge in [0.25, 0.3) is 0 Å². The van der Waals surface area contributed by atoms with Crippen LogP contribution in [0, 0.1) is 0 Å². The summed E-state index contributed by atoms with van der Waals surface area (Å²) < 4.78 is 5.74. The van der Waals surface area contributed by atoms with Gasteiger partial charge in [-0.25, -0.2) is 4.98 Å². The lowest BCUT2D eigenvalue weighted by Crippen LogP contribution is -2.40. The van der Waals surface area contributed by atoms with E-state index in [1.807, 2.05) is 39.0 Å². The van der Waals surface area contributed by atoms with Crippen molar-refractivity contribution >= 4 is 22.6 Å². The van der Waals surface area contributed by atoms with Crippen molar-refractivity contribution in [3.8, 4) is 5.75 Å². The summed E-state index contributed by atoms with van der Waals surface area (Å²) in [6, 6.07) is 8.10. The van der Waals surface area contributed by atoms with E-state index in [-0.39, 0.29) is 11.4 Å². The van der Waals surface area contributed by atoms with Crippen molar-refractivity contribution in [2.45, 2.75) is 65.3 Å². The molecule has 0 saturated carbocycles. The summed E-state index contributed by atoms with van der Waals surface area (Å²) in [4.78, 5) is 16.3. The quantitative estimate of drug-likeness (QED) is 0.693. The summed E-state index contributed by atoms with van der Waals surface area (Å²) >= 11 is 0. The Morgan fingerprint density at radius 2 is 2.00 bits per heavy atom. The number of unbranched alkanes of at least 4 members (excludes halogenated alkanes) is 1. The van der Waals surface area contributed by atoms with Crippen LogP contribution in [-0.4, -0.2) is 23.0 Å². The van der Waals surface area contributed by atoms with Gasteiger partial charge in [0.15, 0.2) is 11.6 Å². The van der Waals surface area contributed by atoms with Crippen molar-refractivity contribution in [1.29, 1.82) is 0 Å². The number of nitrogen functional groups attached to an aromatic ring is 1. The number of rotatable bonds is 8. The molecule has 0 aliphatic heterocycles.